The van der Waals surface area contributed by atoms with Gasteiger partial charge in [-0.15, -0.1) is 0 Å². The Kier molecular flexibility index (Phi) is 3.53. The van der Waals surface area contributed by atoms with Gasteiger partial charge in [0.15, 0.2) is 0 Å². The van der Waals surface area contributed by atoms with Crippen LogP contribution in [0.5, 0.6) is 0 Å². The van der Waals surface area contributed by atoms with Crippen molar-refractivity contribution < 1.29 is 4.79 Å². The number of amides is 1. The molecule has 1 aliphatic heterocycles. The Labute approximate surface area is 73.9 Å². The van der Waals surface area contributed by atoms with E-state index in [1.54, 1.807) is 7.05 Å². The molecule has 0 aliphatic carbocycles. The van der Waals surface area contributed by atoms with Crippen molar-refractivity contribution in [3.05, 3.63) is 0 Å². The van der Waals surface area contributed by atoms with E-state index in [0.29, 0.717) is 18.4 Å². The molecule has 2 N–H and O–H groups in total. The molecule has 1 saturated heterocycles. The fourth-order valence-corrected chi connectivity index (χ4v) is 1.73. The molecular formula is C9H18N2O. The molecular weight excluding hydrogens is 152 g/mol. The van der Waals surface area contributed by atoms with Gasteiger partial charge in [-0.2, -0.15) is 0 Å². The first-order valence-corrected chi connectivity index (χ1v) is 4.68. The van der Waals surface area contributed by atoms with E-state index in [2.05, 4.69) is 17.6 Å². The fourth-order valence-electron chi connectivity index (χ4n) is 1.73. The highest BCUT2D eigenvalue weighted by atomic mass is 16.1. The Bertz CT molecular complexity index is 153. The van der Waals surface area contributed by atoms with Crippen molar-refractivity contribution in [2.45, 2.75) is 32.2 Å². The number of carbonyl (C=O) groups is 1. The highest BCUT2D eigenvalue weighted by molar-refractivity contribution is 5.75. The lowest BCUT2D eigenvalue weighted by Crippen LogP contribution is -2.32. The van der Waals surface area contributed by atoms with Gasteiger partial charge in [0.2, 0.25) is 5.91 Å². The Hall–Kier alpha value is -0.570. The number of nitrogens with one attached hydrogen (secondary N) is 2. The zero-order valence-corrected chi connectivity index (χ0v) is 7.89. The molecule has 3 nitrogen and oxygen atoms in total. The molecule has 70 valence electrons. The highest BCUT2D eigenvalue weighted by Gasteiger charge is 2.22. The summed E-state index contributed by atoms with van der Waals surface area (Å²) >= 11 is 0. The summed E-state index contributed by atoms with van der Waals surface area (Å²) < 4.78 is 0. The van der Waals surface area contributed by atoms with Crippen molar-refractivity contribution in [1.29, 1.82) is 0 Å². The molecule has 0 saturated carbocycles. The topological polar surface area (TPSA) is 41.1 Å². The van der Waals surface area contributed by atoms with Crippen LogP contribution in [0.25, 0.3) is 0 Å². The number of hydrogen-bond donors (Lipinski definition) is 2. The van der Waals surface area contributed by atoms with Crippen LogP contribution in [-0.2, 0) is 4.79 Å². The first-order chi connectivity index (χ1) is 5.74. The normalized spacial score (nSPS) is 25.3. The molecule has 0 aromatic rings. The minimum atomic E-state index is 0.149. The van der Waals surface area contributed by atoms with E-state index in [-0.39, 0.29) is 5.91 Å². The SMILES string of the molecule is CNC(=O)C[C@H](C)[C@@H]1CCCN1. The lowest BCUT2D eigenvalue weighted by Gasteiger charge is -2.18. The van der Waals surface area contributed by atoms with Crippen molar-refractivity contribution in [3.8, 4) is 0 Å². The van der Waals surface area contributed by atoms with Crippen LogP contribution in [0.1, 0.15) is 26.2 Å². The lowest BCUT2D eigenvalue weighted by atomic mass is 9.97. The monoisotopic (exact) mass is 170 g/mol. The average Bonchev–Trinajstić information content (AvgIpc) is 2.56. The molecule has 12 heavy (non-hydrogen) atoms. The van der Waals surface area contributed by atoms with Gasteiger partial charge in [0.05, 0.1) is 0 Å². The van der Waals surface area contributed by atoms with Crippen LogP contribution in [0.15, 0.2) is 0 Å². The third kappa shape index (κ3) is 2.48. The molecule has 0 spiro atoms. The van der Waals surface area contributed by atoms with Crippen molar-refractivity contribution >= 4 is 5.91 Å². The second kappa shape index (κ2) is 4.45. The summed E-state index contributed by atoms with van der Waals surface area (Å²) in [5.41, 5.74) is 0. The summed E-state index contributed by atoms with van der Waals surface area (Å²) in [6.07, 6.45) is 3.12. The van der Waals surface area contributed by atoms with Gasteiger partial charge in [-0.05, 0) is 25.3 Å². The first kappa shape index (κ1) is 9.52. The van der Waals surface area contributed by atoms with Crippen LogP contribution in [0.4, 0.5) is 0 Å². The summed E-state index contributed by atoms with van der Waals surface area (Å²) in [5, 5.41) is 6.06. The first-order valence-electron chi connectivity index (χ1n) is 4.68. The predicted octanol–water partition coefficient (Wildman–Crippen LogP) is 0.511. The van der Waals surface area contributed by atoms with E-state index in [9.17, 15) is 4.79 Å². The smallest absolute Gasteiger partial charge is 0.220 e. The summed E-state index contributed by atoms with van der Waals surface area (Å²) in [6.45, 7) is 3.25. The molecule has 0 bridgehead atoms. The molecule has 0 unspecified atom stereocenters. The van der Waals surface area contributed by atoms with Crippen LogP contribution in [0, 0.1) is 5.92 Å². The Morgan fingerprint density at radius 2 is 2.50 bits per heavy atom. The van der Waals surface area contributed by atoms with E-state index in [0.717, 1.165) is 6.54 Å². The summed E-state index contributed by atoms with van der Waals surface area (Å²) in [6, 6.07) is 0.558. The zero-order chi connectivity index (χ0) is 8.97. The van der Waals surface area contributed by atoms with Gasteiger partial charge >= 0.3 is 0 Å². The largest absolute Gasteiger partial charge is 0.359 e. The van der Waals surface area contributed by atoms with Crippen molar-refractivity contribution in [1.82, 2.24) is 10.6 Å². The maximum Gasteiger partial charge on any atom is 0.220 e. The second-order valence-electron chi connectivity index (χ2n) is 3.56. The maximum atomic E-state index is 11.0. The lowest BCUT2D eigenvalue weighted by molar-refractivity contribution is -0.121. The quantitative estimate of drug-likeness (QED) is 0.648. The second-order valence-corrected chi connectivity index (χ2v) is 3.56. The molecule has 2 atom stereocenters. The number of carbonyl (C=O) groups excluding carboxylic acids is 1. The highest BCUT2D eigenvalue weighted by Crippen LogP contribution is 2.17. The third-order valence-electron chi connectivity index (χ3n) is 2.57. The van der Waals surface area contributed by atoms with Crippen LogP contribution < -0.4 is 10.6 Å². The molecule has 1 rings (SSSR count). The molecule has 1 amide bonds. The Morgan fingerprint density at radius 3 is 3.00 bits per heavy atom. The van der Waals surface area contributed by atoms with E-state index < -0.39 is 0 Å². The Balaban J connectivity index is 2.26. The van der Waals surface area contributed by atoms with Crippen LogP contribution in [0.3, 0.4) is 0 Å². The van der Waals surface area contributed by atoms with Gasteiger partial charge in [0.25, 0.3) is 0 Å². The maximum absolute atomic E-state index is 11.0. The van der Waals surface area contributed by atoms with Gasteiger partial charge in [-0.3, -0.25) is 4.79 Å². The van der Waals surface area contributed by atoms with Gasteiger partial charge in [0.1, 0.15) is 0 Å². The molecule has 3 heteroatoms. The molecule has 0 aromatic heterocycles. The minimum absolute atomic E-state index is 0.149. The van der Waals surface area contributed by atoms with E-state index in [1.165, 1.54) is 12.8 Å². The molecule has 0 aromatic carbocycles. The molecule has 1 heterocycles. The van der Waals surface area contributed by atoms with E-state index in [1.807, 2.05) is 0 Å². The molecule has 1 aliphatic rings. The van der Waals surface area contributed by atoms with E-state index >= 15 is 0 Å². The van der Waals surface area contributed by atoms with Crippen molar-refractivity contribution in [2.75, 3.05) is 13.6 Å². The minimum Gasteiger partial charge on any atom is -0.359 e. The predicted molar refractivity (Wildman–Crippen MR) is 48.9 cm³/mol. The van der Waals surface area contributed by atoms with Crippen LogP contribution >= 0.6 is 0 Å². The van der Waals surface area contributed by atoms with Gasteiger partial charge in [0, 0.05) is 19.5 Å². The van der Waals surface area contributed by atoms with Crippen molar-refractivity contribution in [2.24, 2.45) is 5.92 Å². The summed E-state index contributed by atoms with van der Waals surface area (Å²) in [4.78, 5) is 11.0. The van der Waals surface area contributed by atoms with Crippen molar-refractivity contribution in [3.63, 3.8) is 0 Å². The zero-order valence-electron chi connectivity index (χ0n) is 7.89. The third-order valence-corrected chi connectivity index (χ3v) is 2.57. The van der Waals surface area contributed by atoms with Gasteiger partial charge in [-0.25, -0.2) is 0 Å². The van der Waals surface area contributed by atoms with Gasteiger partial charge < -0.3 is 10.6 Å². The number of rotatable bonds is 3. The molecule has 0 radical (unpaired) electrons. The van der Waals surface area contributed by atoms with Gasteiger partial charge in [-0.1, -0.05) is 6.92 Å². The Morgan fingerprint density at radius 1 is 1.75 bits per heavy atom. The average molecular weight is 170 g/mol. The summed E-state index contributed by atoms with van der Waals surface area (Å²) in [5.74, 6) is 0.614. The number of hydrogen-bond acceptors (Lipinski definition) is 2. The molecule has 1 fully saturated rings. The van der Waals surface area contributed by atoms with Crippen LogP contribution in [-0.4, -0.2) is 25.5 Å². The summed E-state index contributed by atoms with van der Waals surface area (Å²) in [7, 11) is 1.69. The fraction of sp³-hybridized carbons (Fsp3) is 0.889. The standard InChI is InChI=1S/C9H18N2O/c1-7(6-9(12)10-2)8-4-3-5-11-8/h7-8,11H,3-6H2,1-2H3,(H,10,12)/t7-,8-/m0/s1. The van der Waals surface area contributed by atoms with Crippen LogP contribution in [0.2, 0.25) is 0 Å². The van der Waals surface area contributed by atoms with E-state index in [4.69, 9.17) is 0 Å².